The van der Waals surface area contributed by atoms with Crippen LogP contribution in [0, 0.1) is 23.7 Å². The average Bonchev–Trinajstić information content (AvgIpc) is 3.35. The minimum Gasteiger partial charge on any atom is -0.449 e. The molecule has 3 aliphatic rings. The molecule has 0 aromatic heterocycles. The zero-order valence-corrected chi connectivity index (χ0v) is 13.9. The predicted octanol–water partition coefficient (Wildman–Crippen LogP) is 1.95. The van der Waals surface area contributed by atoms with Gasteiger partial charge >= 0.3 is 6.09 Å². The van der Waals surface area contributed by atoms with Gasteiger partial charge in [-0.25, -0.2) is 4.79 Å². The topological polar surface area (TPSA) is 62.3 Å². The van der Waals surface area contributed by atoms with Gasteiger partial charge in [0.05, 0.1) is 12.3 Å². The van der Waals surface area contributed by atoms with Crippen LogP contribution in [0.25, 0.3) is 0 Å². The summed E-state index contributed by atoms with van der Waals surface area (Å²) in [6.07, 6.45) is 2.22. The fraction of sp³-hybridized carbons (Fsp3) is 0.350. The maximum Gasteiger partial charge on any atom is 0.415 e. The molecule has 1 N–H and O–H groups in total. The molecule has 4 rings (SSSR count). The van der Waals surface area contributed by atoms with Crippen molar-refractivity contribution in [3.8, 4) is 23.7 Å². The lowest BCUT2D eigenvalue weighted by atomic mass is 9.75. The second-order valence-corrected chi connectivity index (χ2v) is 6.27. The molecule has 0 unspecified atom stereocenters. The summed E-state index contributed by atoms with van der Waals surface area (Å²) in [7, 11) is 0. The fourth-order valence-corrected chi connectivity index (χ4v) is 3.64. The van der Waals surface area contributed by atoms with Crippen molar-refractivity contribution in [3.63, 3.8) is 0 Å². The molecule has 126 valence electrons. The van der Waals surface area contributed by atoms with Crippen molar-refractivity contribution >= 4 is 11.8 Å². The second-order valence-electron chi connectivity index (χ2n) is 6.27. The zero-order valence-electron chi connectivity index (χ0n) is 13.9. The number of hydrogen-bond acceptors (Lipinski definition) is 4. The van der Waals surface area contributed by atoms with Gasteiger partial charge < -0.3 is 14.6 Å². The number of anilines is 1. The van der Waals surface area contributed by atoms with Gasteiger partial charge in [0.2, 0.25) is 0 Å². The van der Waals surface area contributed by atoms with Crippen molar-refractivity contribution in [1.82, 2.24) is 0 Å². The van der Waals surface area contributed by atoms with Crippen molar-refractivity contribution in [2.24, 2.45) is 0 Å². The van der Waals surface area contributed by atoms with Gasteiger partial charge in [-0.15, -0.1) is 0 Å². The molecule has 1 aromatic carbocycles. The molecule has 4 atom stereocenters. The zero-order chi connectivity index (χ0) is 17.7. The maximum absolute atomic E-state index is 12.6. The molecule has 0 spiro atoms. The molecule has 1 amide bonds. The number of ether oxygens (including phenoxy) is 2. The molecular weight excluding hydrogens is 318 g/mol. The van der Waals surface area contributed by atoms with Gasteiger partial charge in [-0.3, -0.25) is 4.90 Å². The van der Waals surface area contributed by atoms with Crippen molar-refractivity contribution in [2.75, 3.05) is 11.5 Å². The molecule has 2 aliphatic heterocycles. The lowest BCUT2D eigenvalue weighted by Gasteiger charge is -2.38. The number of carbonyl (C=O) groups is 1. The quantitative estimate of drug-likeness (QED) is 0.629. The normalized spacial score (nSPS) is 34.9. The summed E-state index contributed by atoms with van der Waals surface area (Å²) in [5.74, 6) is 11.6. The van der Waals surface area contributed by atoms with Crippen molar-refractivity contribution in [3.05, 3.63) is 42.0 Å². The fourth-order valence-electron chi connectivity index (χ4n) is 3.64. The third-order valence-corrected chi connectivity index (χ3v) is 4.77. The number of rotatable bonds is 1. The first-order valence-electron chi connectivity index (χ1n) is 8.17. The Morgan fingerprint density at radius 3 is 2.92 bits per heavy atom. The standard InChI is InChI=1S/C20H17NO4/c1-3-24-18(22)21-15-11-8-7-10-14(15)20-17(25-20)16(21)12-6-4-5-9-13-19(20,2)23/h4-5,7-8,10-11,16-17,23H,3H2,1-2H3/b5-4-/t16-,17-,19+,20+/m0/s1. The highest BCUT2D eigenvalue weighted by atomic mass is 16.6. The van der Waals surface area contributed by atoms with Gasteiger partial charge in [0.25, 0.3) is 0 Å². The SMILES string of the molecule is CCOC(=O)N1c2ccccc2[C@@]23O[C@H]2[C@@H]1C#C/C=C\C#C[C@@]3(C)O. The minimum atomic E-state index is -1.42. The summed E-state index contributed by atoms with van der Waals surface area (Å²) in [5.41, 5.74) is -1.09. The molecule has 2 heterocycles. The molecule has 1 saturated heterocycles. The van der Waals surface area contributed by atoms with Gasteiger partial charge in [0.15, 0.2) is 11.2 Å². The van der Waals surface area contributed by atoms with E-state index in [1.165, 1.54) is 4.90 Å². The number of aliphatic hydroxyl groups is 1. The molecule has 1 aromatic rings. The van der Waals surface area contributed by atoms with Crippen LogP contribution in [-0.4, -0.2) is 35.6 Å². The minimum absolute atomic E-state index is 0.261. The Bertz CT molecular complexity index is 895. The predicted molar refractivity (Wildman–Crippen MR) is 91.6 cm³/mol. The summed E-state index contributed by atoms with van der Waals surface area (Å²) in [6.45, 7) is 3.65. The monoisotopic (exact) mass is 335 g/mol. The molecular formula is C20H17NO4. The third kappa shape index (κ3) is 2.10. The van der Waals surface area contributed by atoms with Crippen LogP contribution >= 0.6 is 0 Å². The first kappa shape index (κ1) is 15.8. The van der Waals surface area contributed by atoms with E-state index >= 15 is 0 Å². The number of carbonyl (C=O) groups excluding carboxylic acids is 1. The maximum atomic E-state index is 12.6. The largest absolute Gasteiger partial charge is 0.449 e. The van der Waals surface area contributed by atoms with Crippen LogP contribution in [0.1, 0.15) is 19.4 Å². The number of hydrogen-bond donors (Lipinski definition) is 1. The first-order chi connectivity index (χ1) is 12.0. The van der Waals surface area contributed by atoms with Gasteiger partial charge in [-0.05, 0) is 32.1 Å². The van der Waals surface area contributed by atoms with Crippen molar-refractivity contribution in [2.45, 2.75) is 37.2 Å². The highest BCUT2D eigenvalue weighted by molar-refractivity contribution is 5.92. The Kier molecular flexibility index (Phi) is 3.40. The number of fused-ring (bicyclic) bond motifs is 1. The Morgan fingerprint density at radius 1 is 1.36 bits per heavy atom. The molecule has 0 radical (unpaired) electrons. The number of benzene rings is 1. The molecule has 1 fully saturated rings. The second kappa shape index (κ2) is 5.39. The molecule has 0 saturated carbocycles. The van der Waals surface area contributed by atoms with Crippen LogP contribution in [0.5, 0.6) is 0 Å². The van der Waals surface area contributed by atoms with E-state index in [2.05, 4.69) is 23.7 Å². The number of allylic oxidation sites excluding steroid dienone is 2. The number of nitrogens with zero attached hydrogens (tertiary/aromatic N) is 1. The average molecular weight is 335 g/mol. The van der Waals surface area contributed by atoms with Crippen molar-refractivity contribution in [1.29, 1.82) is 0 Å². The summed E-state index contributed by atoms with van der Waals surface area (Å²) >= 11 is 0. The Morgan fingerprint density at radius 2 is 2.12 bits per heavy atom. The van der Waals surface area contributed by atoms with E-state index in [1.54, 1.807) is 26.0 Å². The van der Waals surface area contributed by atoms with E-state index in [9.17, 15) is 9.90 Å². The number of amides is 1. The Balaban J connectivity index is 1.96. The lowest BCUT2D eigenvalue weighted by molar-refractivity contribution is 0.0264. The van der Waals surface area contributed by atoms with Gasteiger partial charge in [-0.2, -0.15) is 0 Å². The van der Waals surface area contributed by atoms with Crippen LogP contribution in [-0.2, 0) is 15.1 Å². The summed E-state index contributed by atoms with van der Waals surface area (Å²) in [6, 6.07) is 6.78. The molecule has 1 aliphatic carbocycles. The highest BCUT2D eigenvalue weighted by Gasteiger charge is 2.74. The van der Waals surface area contributed by atoms with E-state index in [0.29, 0.717) is 5.69 Å². The Hall–Kier alpha value is -2.73. The highest BCUT2D eigenvalue weighted by Crippen LogP contribution is 2.61. The van der Waals surface area contributed by atoms with E-state index in [1.807, 2.05) is 24.3 Å². The van der Waals surface area contributed by atoms with Gasteiger partial charge in [-0.1, -0.05) is 41.9 Å². The lowest BCUT2D eigenvalue weighted by Crippen LogP contribution is -2.54. The third-order valence-electron chi connectivity index (χ3n) is 4.77. The number of para-hydroxylation sites is 1. The van der Waals surface area contributed by atoms with Crippen LogP contribution in [0.15, 0.2) is 36.4 Å². The molecule has 5 heteroatoms. The van der Waals surface area contributed by atoms with E-state index in [-0.39, 0.29) is 6.61 Å². The van der Waals surface area contributed by atoms with Crippen LogP contribution in [0.4, 0.5) is 10.5 Å². The molecule has 5 nitrogen and oxygen atoms in total. The Labute approximate surface area is 146 Å². The summed E-state index contributed by atoms with van der Waals surface area (Å²) in [4.78, 5) is 14.1. The van der Waals surface area contributed by atoms with Gasteiger partial charge in [0.1, 0.15) is 12.1 Å². The molecule has 2 bridgehead atoms. The van der Waals surface area contributed by atoms with Crippen LogP contribution < -0.4 is 4.90 Å². The smallest absolute Gasteiger partial charge is 0.415 e. The van der Waals surface area contributed by atoms with Crippen LogP contribution in [0.3, 0.4) is 0 Å². The van der Waals surface area contributed by atoms with Crippen molar-refractivity contribution < 1.29 is 19.4 Å². The van der Waals surface area contributed by atoms with E-state index < -0.39 is 29.4 Å². The van der Waals surface area contributed by atoms with E-state index in [0.717, 1.165) is 5.56 Å². The van der Waals surface area contributed by atoms with Gasteiger partial charge in [0, 0.05) is 5.56 Å². The summed E-state index contributed by atoms with van der Waals surface area (Å²) < 4.78 is 11.3. The van der Waals surface area contributed by atoms with Crippen LogP contribution in [0.2, 0.25) is 0 Å². The molecule has 25 heavy (non-hydrogen) atoms. The van der Waals surface area contributed by atoms with E-state index in [4.69, 9.17) is 9.47 Å². The number of epoxide rings is 1. The first-order valence-corrected chi connectivity index (χ1v) is 8.17. The summed E-state index contributed by atoms with van der Waals surface area (Å²) in [5, 5.41) is 11.1.